The summed E-state index contributed by atoms with van der Waals surface area (Å²) in [5.41, 5.74) is 0.828. The molecule has 2 aliphatic heterocycles. The fourth-order valence-corrected chi connectivity index (χ4v) is 5.63. The summed E-state index contributed by atoms with van der Waals surface area (Å²) in [6, 6.07) is 7.90. The molecule has 0 bridgehead atoms. The lowest BCUT2D eigenvalue weighted by Crippen LogP contribution is -2.54. The molecule has 3 fully saturated rings. The number of morpholine rings is 1. The van der Waals surface area contributed by atoms with E-state index in [2.05, 4.69) is 22.5 Å². The molecule has 4 rings (SSSR count). The second-order valence-corrected chi connectivity index (χ2v) is 9.98. The van der Waals surface area contributed by atoms with Crippen molar-refractivity contribution >= 4 is 29.5 Å². The lowest BCUT2D eigenvalue weighted by atomic mass is 9.82. The number of amides is 2. The Bertz CT molecular complexity index is 874. The van der Waals surface area contributed by atoms with E-state index < -0.39 is 0 Å². The molecule has 3 aliphatic rings. The first-order valence-electron chi connectivity index (χ1n) is 12.5. The summed E-state index contributed by atoms with van der Waals surface area (Å²) in [6.45, 7) is 5.22. The van der Waals surface area contributed by atoms with E-state index in [1.54, 1.807) is 18.2 Å². The van der Waals surface area contributed by atoms with Crippen LogP contribution in [-0.2, 0) is 14.3 Å². The SMILES string of the molecule is CCC1CCCCN1CCCNC(=O)C1CCC2O/C(=C\c3cccc(Cl)c3)C(=O)NC2C1. The van der Waals surface area contributed by atoms with Crippen molar-refractivity contribution in [3.63, 3.8) is 0 Å². The number of nitrogens with one attached hydrogen (secondary N) is 2. The Labute approximate surface area is 202 Å². The van der Waals surface area contributed by atoms with Crippen molar-refractivity contribution in [2.45, 2.75) is 76.5 Å². The van der Waals surface area contributed by atoms with Crippen LogP contribution < -0.4 is 10.6 Å². The zero-order chi connectivity index (χ0) is 23.2. The molecule has 1 aromatic rings. The Morgan fingerprint density at radius 3 is 3.00 bits per heavy atom. The highest BCUT2D eigenvalue weighted by Gasteiger charge is 2.40. The summed E-state index contributed by atoms with van der Waals surface area (Å²) in [4.78, 5) is 27.9. The Kier molecular flexibility index (Phi) is 8.31. The van der Waals surface area contributed by atoms with Gasteiger partial charge < -0.3 is 20.3 Å². The molecule has 2 N–H and O–H groups in total. The third-order valence-electron chi connectivity index (χ3n) is 7.26. The molecule has 1 aromatic carbocycles. The van der Waals surface area contributed by atoms with Crippen molar-refractivity contribution in [1.29, 1.82) is 0 Å². The molecule has 0 aromatic heterocycles. The van der Waals surface area contributed by atoms with Gasteiger partial charge in [0, 0.05) is 30.1 Å². The molecule has 7 heteroatoms. The smallest absolute Gasteiger partial charge is 0.286 e. The Morgan fingerprint density at radius 1 is 1.30 bits per heavy atom. The number of likely N-dealkylation sites (tertiary alicyclic amines) is 1. The summed E-state index contributed by atoms with van der Waals surface area (Å²) < 4.78 is 6.03. The number of fused-ring (bicyclic) bond motifs is 1. The third kappa shape index (κ3) is 6.30. The molecule has 2 amide bonds. The van der Waals surface area contributed by atoms with E-state index in [0.717, 1.165) is 31.4 Å². The van der Waals surface area contributed by atoms with Crippen LogP contribution in [0.25, 0.3) is 6.08 Å². The van der Waals surface area contributed by atoms with Crippen molar-refractivity contribution in [3.05, 3.63) is 40.6 Å². The Morgan fingerprint density at radius 2 is 2.18 bits per heavy atom. The van der Waals surface area contributed by atoms with Gasteiger partial charge in [0.1, 0.15) is 6.10 Å². The molecule has 33 heavy (non-hydrogen) atoms. The van der Waals surface area contributed by atoms with Crippen molar-refractivity contribution < 1.29 is 14.3 Å². The normalized spacial score (nSPS) is 29.2. The number of benzene rings is 1. The Balaban J connectivity index is 1.23. The number of hydrogen-bond donors (Lipinski definition) is 2. The van der Waals surface area contributed by atoms with Crippen LogP contribution >= 0.6 is 11.6 Å². The van der Waals surface area contributed by atoms with Gasteiger partial charge in [0.15, 0.2) is 5.76 Å². The number of carbonyl (C=O) groups excluding carboxylic acids is 2. The van der Waals surface area contributed by atoms with E-state index in [-0.39, 0.29) is 29.9 Å². The second kappa shape index (κ2) is 11.4. The summed E-state index contributed by atoms with van der Waals surface area (Å²) in [5, 5.41) is 6.81. The average Bonchev–Trinajstić information content (AvgIpc) is 2.82. The van der Waals surface area contributed by atoms with Crippen LogP contribution in [0.5, 0.6) is 0 Å². The number of hydrogen-bond acceptors (Lipinski definition) is 4. The maximum absolute atomic E-state index is 12.8. The fraction of sp³-hybridized carbons (Fsp3) is 0.615. The third-order valence-corrected chi connectivity index (χ3v) is 7.50. The summed E-state index contributed by atoms with van der Waals surface area (Å²) >= 11 is 6.04. The highest BCUT2D eigenvalue weighted by atomic mass is 35.5. The minimum atomic E-state index is -0.232. The van der Waals surface area contributed by atoms with Gasteiger partial charge in [-0.2, -0.15) is 0 Å². The molecule has 1 saturated carbocycles. The first-order chi connectivity index (χ1) is 16.0. The van der Waals surface area contributed by atoms with Crippen LogP contribution in [0.4, 0.5) is 0 Å². The molecule has 6 nitrogen and oxygen atoms in total. The van der Waals surface area contributed by atoms with E-state index in [0.29, 0.717) is 29.8 Å². The molecule has 4 atom stereocenters. The number of ether oxygens (including phenoxy) is 1. The summed E-state index contributed by atoms with van der Waals surface area (Å²) in [6.07, 6.45) is 9.90. The molecular weight excluding hydrogens is 438 g/mol. The molecular formula is C26H36ClN3O3. The van der Waals surface area contributed by atoms with Crippen LogP contribution in [0.2, 0.25) is 5.02 Å². The first-order valence-corrected chi connectivity index (χ1v) is 12.9. The van der Waals surface area contributed by atoms with E-state index in [4.69, 9.17) is 16.3 Å². The highest BCUT2D eigenvalue weighted by molar-refractivity contribution is 6.30. The van der Waals surface area contributed by atoms with E-state index in [9.17, 15) is 9.59 Å². The van der Waals surface area contributed by atoms with E-state index in [1.165, 1.54) is 32.2 Å². The molecule has 2 heterocycles. The molecule has 1 aliphatic carbocycles. The largest absolute Gasteiger partial charge is 0.483 e. The highest BCUT2D eigenvalue weighted by Crippen LogP contribution is 2.31. The van der Waals surface area contributed by atoms with Crippen molar-refractivity contribution in [2.24, 2.45) is 5.92 Å². The quantitative estimate of drug-likeness (QED) is 0.461. The van der Waals surface area contributed by atoms with Gasteiger partial charge in [0.25, 0.3) is 5.91 Å². The number of nitrogens with zero attached hydrogens (tertiary/aromatic N) is 1. The Hall–Kier alpha value is -2.05. The molecule has 0 spiro atoms. The van der Waals surface area contributed by atoms with Crippen LogP contribution in [0.3, 0.4) is 0 Å². The average molecular weight is 474 g/mol. The standard InChI is InChI=1S/C26H36ClN3O3/c1-2-21-9-3-4-13-30(21)14-6-12-28-25(31)19-10-11-23-22(17-19)29-26(32)24(33-23)16-18-7-5-8-20(27)15-18/h5,7-8,15-16,19,21-23H,2-4,6,9-14,17H2,1H3,(H,28,31)(H,29,32)/b24-16-. The molecule has 4 unspecified atom stereocenters. The van der Waals surface area contributed by atoms with Crippen LogP contribution in [0.15, 0.2) is 30.0 Å². The lowest BCUT2D eigenvalue weighted by Gasteiger charge is -2.39. The van der Waals surface area contributed by atoms with Crippen molar-refractivity contribution in [3.8, 4) is 0 Å². The van der Waals surface area contributed by atoms with E-state index >= 15 is 0 Å². The number of piperidine rings is 1. The minimum absolute atomic E-state index is 0.0769. The van der Waals surface area contributed by atoms with Gasteiger partial charge in [0.2, 0.25) is 5.91 Å². The van der Waals surface area contributed by atoms with E-state index in [1.807, 2.05) is 12.1 Å². The maximum Gasteiger partial charge on any atom is 0.286 e. The second-order valence-electron chi connectivity index (χ2n) is 9.55. The fourth-order valence-electron chi connectivity index (χ4n) is 5.43. The molecule has 2 saturated heterocycles. The minimum Gasteiger partial charge on any atom is -0.483 e. The molecule has 0 radical (unpaired) electrons. The predicted octanol–water partition coefficient (Wildman–Crippen LogP) is 4.14. The topological polar surface area (TPSA) is 70.7 Å². The van der Waals surface area contributed by atoms with Crippen LogP contribution in [0.1, 0.15) is 63.9 Å². The van der Waals surface area contributed by atoms with Gasteiger partial charge in [0.05, 0.1) is 6.04 Å². The monoisotopic (exact) mass is 473 g/mol. The summed E-state index contributed by atoms with van der Waals surface area (Å²) in [5.74, 6) is 0.106. The van der Waals surface area contributed by atoms with Gasteiger partial charge in [-0.15, -0.1) is 0 Å². The van der Waals surface area contributed by atoms with Gasteiger partial charge in [-0.3, -0.25) is 9.59 Å². The van der Waals surface area contributed by atoms with Gasteiger partial charge in [-0.25, -0.2) is 0 Å². The van der Waals surface area contributed by atoms with Crippen molar-refractivity contribution in [2.75, 3.05) is 19.6 Å². The van der Waals surface area contributed by atoms with Gasteiger partial charge >= 0.3 is 0 Å². The number of halogens is 1. The first kappa shape index (κ1) is 24.1. The number of carbonyl (C=O) groups is 2. The zero-order valence-electron chi connectivity index (χ0n) is 19.5. The van der Waals surface area contributed by atoms with Crippen LogP contribution in [-0.4, -0.2) is 54.5 Å². The summed E-state index contributed by atoms with van der Waals surface area (Å²) in [7, 11) is 0. The lowest BCUT2D eigenvalue weighted by molar-refractivity contribution is -0.134. The zero-order valence-corrected chi connectivity index (χ0v) is 20.3. The van der Waals surface area contributed by atoms with Gasteiger partial charge in [-0.05, 0) is 75.3 Å². The van der Waals surface area contributed by atoms with Gasteiger partial charge in [-0.1, -0.05) is 37.1 Å². The number of rotatable bonds is 7. The maximum atomic E-state index is 12.8. The predicted molar refractivity (Wildman–Crippen MR) is 131 cm³/mol. The van der Waals surface area contributed by atoms with Crippen molar-refractivity contribution in [1.82, 2.24) is 15.5 Å². The molecule has 180 valence electrons. The van der Waals surface area contributed by atoms with Crippen LogP contribution in [0, 0.1) is 5.92 Å².